The van der Waals surface area contributed by atoms with E-state index in [4.69, 9.17) is 32.7 Å². The number of carbonyl (C=O) groups excluding carboxylic acids is 2. The molecule has 2 aromatic carbocycles. The first-order chi connectivity index (χ1) is 15.2. The molecule has 0 aromatic heterocycles. The van der Waals surface area contributed by atoms with E-state index in [1.807, 2.05) is 45.0 Å². The highest BCUT2D eigenvalue weighted by Gasteiger charge is 2.29. The molecule has 0 fully saturated rings. The maximum absolute atomic E-state index is 13.2. The SMILES string of the molecule is CC[C@@H](C(=O)NCC(C)C)N(Cc1ccc(OC)cc1)C(=O)COc1ccc(Cl)cc1Cl. The zero-order valence-corrected chi connectivity index (χ0v) is 20.4. The van der Waals surface area contributed by atoms with Gasteiger partial charge in [0, 0.05) is 18.1 Å². The van der Waals surface area contributed by atoms with Crippen molar-refractivity contribution in [3.05, 3.63) is 58.1 Å². The van der Waals surface area contributed by atoms with Crippen LogP contribution < -0.4 is 14.8 Å². The maximum Gasteiger partial charge on any atom is 0.261 e. The van der Waals surface area contributed by atoms with Crippen LogP contribution in [-0.2, 0) is 16.1 Å². The van der Waals surface area contributed by atoms with Gasteiger partial charge in [-0.2, -0.15) is 0 Å². The van der Waals surface area contributed by atoms with E-state index >= 15 is 0 Å². The number of rotatable bonds is 11. The minimum atomic E-state index is -0.632. The third kappa shape index (κ3) is 7.61. The summed E-state index contributed by atoms with van der Waals surface area (Å²) in [7, 11) is 1.59. The lowest BCUT2D eigenvalue weighted by Gasteiger charge is -2.31. The number of halogens is 2. The average molecular weight is 481 g/mol. The number of benzene rings is 2. The number of hydrogen-bond acceptors (Lipinski definition) is 4. The molecule has 0 aliphatic rings. The zero-order valence-electron chi connectivity index (χ0n) is 18.9. The molecule has 0 aliphatic heterocycles. The van der Waals surface area contributed by atoms with Gasteiger partial charge in [-0.15, -0.1) is 0 Å². The first-order valence-electron chi connectivity index (χ1n) is 10.5. The van der Waals surface area contributed by atoms with Gasteiger partial charge in [-0.25, -0.2) is 0 Å². The van der Waals surface area contributed by atoms with Crippen molar-refractivity contribution in [1.82, 2.24) is 10.2 Å². The van der Waals surface area contributed by atoms with Gasteiger partial charge in [-0.1, -0.05) is 56.1 Å². The Hall–Kier alpha value is -2.44. The molecule has 2 rings (SSSR count). The average Bonchev–Trinajstić information content (AvgIpc) is 2.77. The van der Waals surface area contributed by atoms with E-state index in [1.54, 1.807) is 30.2 Å². The number of methoxy groups -OCH3 is 1. The largest absolute Gasteiger partial charge is 0.497 e. The number of ether oxygens (including phenoxy) is 2. The fraction of sp³-hybridized carbons (Fsp3) is 0.417. The predicted octanol–water partition coefficient (Wildman–Crippen LogP) is 4.96. The van der Waals surface area contributed by atoms with E-state index < -0.39 is 6.04 Å². The van der Waals surface area contributed by atoms with Crippen molar-refractivity contribution in [3.63, 3.8) is 0 Å². The summed E-state index contributed by atoms with van der Waals surface area (Å²) in [5.74, 6) is 0.865. The molecule has 6 nitrogen and oxygen atoms in total. The van der Waals surface area contributed by atoms with Gasteiger partial charge in [0.05, 0.1) is 12.1 Å². The molecule has 0 saturated heterocycles. The van der Waals surface area contributed by atoms with Gasteiger partial charge < -0.3 is 19.7 Å². The van der Waals surface area contributed by atoms with Crippen LogP contribution in [-0.4, -0.2) is 43.0 Å². The highest BCUT2D eigenvalue weighted by Crippen LogP contribution is 2.27. The Labute approximate surface area is 199 Å². The molecule has 32 heavy (non-hydrogen) atoms. The second kappa shape index (κ2) is 12.6. The fourth-order valence-corrected chi connectivity index (χ4v) is 3.55. The molecule has 1 atom stereocenters. The van der Waals surface area contributed by atoms with E-state index in [0.29, 0.717) is 40.4 Å². The van der Waals surface area contributed by atoms with Crippen LogP contribution in [0.1, 0.15) is 32.8 Å². The topological polar surface area (TPSA) is 67.9 Å². The molecule has 0 bridgehead atoms. The Kier molecular flexibility index (Phi) is 10.1. The molecular weight excluding hydrogens is 451 g/mol. The normalized spacial score (nSPS) is 11.7. The molecule has 0 unspecified atom stereocenters. The maximum atomic E-state index is 13.2. The van der Waals surface area contributed by atoms with Gasteiger partial charge >= 0.3 is 0 Å². The molecule has 1 N–H and O–H groups in total. The zero-order chi connectivity index (χ0) is 23.7. The Morgan fingerprint density at radius 1 is 1.09 bits per heavy atom. The van der Waals surface area contributed by atoms with Crippen LogP contribution in [0, 0.1) is 5.92 Å². The lowest BCUT2D eigenvalue weighted by atomic mass is 10.1. The van der Waals surface area contributed by atoms with Crippen LogP contribution in [0.15, 0.2) is 42.5 Å². The van der Waals surface area contributed by atoms with Gasteiger partial charge in [0.15, 0.2) is 6.61 Å². The summed E-state index contributed by atoms with van der Waals surface area (Å²) >= 11 is 12.1. The number of nitrogens with zero attached hydrogens (tertiary/aromatic N) is 1. The molecule has 8 heteroatoms. The van der Waals surface area contributed by atoms with E-state index in [2.05, 4.69) is 5.32 Å². The van der Waals surface area contributed by atoms with Gasteiger partial charge in [0.1, 0.15) is 17.5 Å². The highest BCUT2D eigenvalue weighted by atomic mass is 35.5. The Bertz CT molecular complexity index is 903. The predicted molar refractivity (Wildman–Crippen MR) is 127 cm³/mol. The lowest BCUT2D eigenvalue weighted by molar-refractivity contribution is -0.143. The summed E-state index contributed by atoms with van der Waals surface area (Å²) in [6.07, 6.45) is 0.466. The molecule has 2 aromatic rings. The second-order valence-electron chi connectivity index (χ2n) is 7.80. The summed E-state index contributed by atoms with van der Waals surface area (Å²) < 4.78 is 10.9. The van der Waals surface area contributed by atoms with Gasteiger partial charge in [-0.05, 0) is 48.2 Å². The summed E-state index contributed by atoms with van der Waals surface area (Å²) in [4.78, 5) is 27.6. The third-order valence-corrected chi connectivity index (χ3v) is 5.36. The number of amides is 2. The minimum absolute atomic E-state index is 0.187. The number of carbonyl (C=O) groups is 2. The quantitative estimate of drug-likeness (QED) is 0.493. The van der Waals surface area contributed by atoms with Crippen molar-refractivity contribution < 1.29 is 19.1 Å². The smallest absolute Gasteiger partial charge is 0.261 e. The van der Waals surface area contributed by atoms with E-state index in [9.17, 15) is 9.59 Å². The van der Waals surface area contributed by atoms with Crippen molar-refractivity contribution in [2.24, 2.45) is 5.92 Å². The molecule has 0 radical (unpaired) electrons. The minimum Gasteiger partial charge on any atom is -0.497 e. The summed E-state index contributed by atoms with van der Waals surface area (Å²) in [5.41, 5.74) is 0.874. The first kappa shape index (κ1) is 25.8. The van der Waals surface area contributed by atoms with Gasteiger partial charge in [-0.3, -0.25) is 9.59 Å². The van der Waals surface area contributed by atoms with Gasteiger partial charge in [0.2, 0.25) is 5.91 Å². The van der Waals surface area contributed by atoms with Crippen LogP contribution in [0.5, 0.6) is 11.5 Å². The highest BCUT2D eigenvalue weighted by molar-refractivity contribution is 6.35. The van der Waals surface area contributed by atoms with Crippen LogP contribution in [0.25, 0.3) is 0 Å². The lowest BCUT2D eigenvalue weighted by Crippen LogP contribution is -2.50. The summed E-state index contributed by atoms with van der Waals surface area (Å²) in [6.45, 7) is 6.46. The van der Waals surface area contributed by atoms with E-state index in [-0.39, 0.29) is 25.0 Å². The van der Waals surface area contributed by atoms with E-state index in [0.717, 1.165) is 5.56 Å². The molecule has 0 spiro atoms. The molecule has 0 heterocycles. The summed E-state index contributed by atoms with van der Waals surface area (Å²) in [5, 5.41) is 3.72. The van der Waals surface area contributed by atoms with Crippen LogP contribution in [0.4, 0.5) is 0 Å². The van der Waals surface area contributed by atoms with Crippen LogP contribution >= 0.6 is 23.2 Å². The first-order valence-corrected chi connectivity index (χ1v) is 11.3. The number of nitrogens with one attached hydrogen (secondary N) is 1. The fourth-order valence-electron chi connectivity index (χ4n) is 3.08. The summed E-state index contributed by atoms with van der Waals surface area (Å²) in [6, 6.07) is 11.5. The van der Waals surface area contributed by atoms with Crippen LogP contribution in [0.3, 0.4) is 0 Å². The van der Waals surface area contributed by atoms with E-state index in [1.165, 1.54) is 0 Å². The van der Waals surface area contributed by atoms with Crippen molar-refractivity contribution in [1.29, 1.82) is 0 Å². The second-order valence-corrected chi connectivity index (χ2v) is 8.64. The molecule has 0 aliphatic carbocycles. The monoisotopic (exact) mass is 480 g/mol. The van der Waals surface area contributed by atoms with Gasteiger partial charge in [0.25, 0.3) is 5.91 Å². The number of hydrogen-bond donors (Lipinski definition) is 1. The van der Waals surface area contributed by atoms with Crippen molar-refractivity contribution in [2.75, 3.05) is 20.3 Å². The molecule has 2 amide bonds. The van der Waals surface area contributed by atoms with Crippen molar-refractivity contribution >= 4 is 35.0 Å². The Morgan fingerprint density at radius 3 is 2.34 bits per heavy atom. The Balaban J connectivity index is 2.21. The molecule has 174 valence electrons. The standard InChI is InChI=1S/C24H30Cl2N2O4/c1-5-21(24(30)27-13-16(2)3)28(14-17-6-9-19(31-4)10-7-17)23(29)15-32-22-11-8-18(25)12-20(22)26/h6-12,16,21H,5,13-15H2,1-4H3,(H,27,30)/t21-/m0/s1. The van der Waals surface area contributed by atoms with Crippen molar-refractivity contribution in [3.8, 4) is 11.5 Å². The molecule has 0 saturated carbocycles. The Morgan fingerprint density at radius 2 is 1.78 bits per heavy atom. The van der Waals surface area contributed by atoms with Crippen molar-refractivity contribution in [2.45, 2.75) is 39.8 Å². The van der Waals surface area contributed by atoms with Crippen LogP contribution in [0.2, 0.25) is 10.0 Å². The third-order valence-electron chi connectivity index (χ3n) is 4.83. The molecular formula is C24H30Cl2N2O4.